The van der Waals surface area contributed by atoms with Crippen LogP contribution in [-0.2, 0) is 4.79 Å². The van der Waals surface area contributed by atoms with Gasteiger partial charge in [0.15, 0.2) is 0 Å². The van der Waals surface area contributed by atoms with Gasteiger partial charge in [0.05, 0.1) is 6.42 Å². The van der Waals surface area contributed by atoms with E-state index in [0.29, 0.717) is 26.1 Å². The van der Waals surface area contributed by atoms with E-state index in [2.05, 4.69) is 0 Å². The van der Waals surface area contributed by atoms with Gasteiger partial charge in [-0.3, -0.25) is 4.79 Å². The number of hydrogen-bond donors (Lipinski definition) is 1. The molecule has 15 heavy (non-hydrogen) atoms. The number of nitrogens with zero attached hydrogens (tertiary/aromatic N) is 1. The van der Waals surface area contributed by atoms with Gasteiger partial charge in [-0.1, -0.05) is 0 Å². The van der Waals surface area contributed by atoms with E-state index in [1.54, 1.807) is 0 Å². The first kappa shape index (κ1) is 10.8. The SMILES string of the molecule is O=C(O)CCN1C[C@H]2CCC(F)(F)[C@@H]2C1. The van der Waals surface area contributed by atoms with Gasteiger partial charge < -0.3 is 10.0 Å². The van der Waals surface area contributed by atoms with Gasteiger partial charge in [0.1, 0.15) is 0 Å². The molecule has 0 aromatic heterocycles. The molecule has 0 spiro atoms. The maximum atomic E-state index is 13.3. The molecule has 2 atom stereocenters. The molecule has 3 nitrogen and oxygen atoms in total. The molecule has 0 aromatic carbocycles. The van der Waals surface area contributed by atoms with Crippen LogP contribution in [0.1, 0.15) is 19.3 Å². The number of halogens is 2. The first-order valence-electron chi connectivity index (χ1n) is 5.31. The first-order chi connectivity index (χ1) is 6.99. The number of carboxylic acid groups (broad SMARTS) is 1. The second kappa shape index (κ2) is 3.70. The largest absolute Gasteiger partial charge is 0.481 e. The summed E-state index contributed by atoms with van der Waals surface area (Å²) in [6, 6.07) is 0. The minimum Gasteiger partial charge on any atom is -0.481 e. The number of aliphatic carboxylic acids is 1. The van der Waals surface area contributed by atoms with E-state index in [4.69, 9.17) is 5.11 Å². The van der Waals surface area contributed by atoms with Crippen molar-refractivity contribution in [3.8, 4) is 0 Å². The second-order valence-corrected chi connectivity index (χ2v) is 4.57. The topological polar surface area (TPSA) is 40.5 Å². The van der Waals surface area contributed by atoms with Crippen LogP contribution in [0.5, 0.6) is 0 Å². The Morgan fingerprint density at radius 2 is 2.20 bits per heavy atom. The molecule has 0 aromatic rings. The van der Waals surface area contributed by atoms with E-state index in [0.717, 1.165) is 0 Å². The summed E-state index contributed by atoms with van der Waals surface area (Å²) < 4.78 is 26.7. The molecule has 1 saturated carbocycles. The molecular formula is C10H15F2NO2. The van der Waals surface area contributed by atoms with E-state index in [-0.39, 0.29) is 18.8 Å². The third-order valence-corrected chi connectivity index (χ3v) is 3.55. The fourth-order valence-electron chi connectivity index (χ4n) is 2.73. The van der Waals surface area contributed by atoms with Crippen LogP contribution in [0.4, 0.5) is 8.78 Å². The van der Waals surface area contributed by atoms with Crippen LogP contribution in [0.3, 0.4) is 0 Å². The maximum Gasteiger partial charge on any atom is 0.304 e. The number of likely N-dealkylation sites (tertiary alicyclic amines) is 1. The van der Waals surface area contributed by atoms with Crippen LogP contribution in [0.25, 0.3) is 0 Å². The van der Waals surface area contributed by atoms with Crippen LogP contribution >= 0.6 is 0 Å². The van der Waals surface area contributed by atoms with Crippen molar-refractivity contribution < 1.29 is 18.7 Å². The van der Waals surface area contributed by atoms with Gasteiger partial charge in [0.2, 0.25) is 0 Å². The predicted molar refractivity (Wildman–Crippen MR) is 49.9 cm³/mol. The van der Waals surface area contributed by atoms with Gasteiger partial charge in [-0.05, 0) is 12.3 Å². The van der Waals surface area contributed by atoms with Gasteiger partial charge in [0.25, 0.3) is 5.92 Å². The Labute approximate surface area is 87.1 Å². The van der Waals surface area contributed by atoms with Crippen molar-refractivity contribution in [1.82, 2.24) is 4.90 Å². The van der Waals surface area contributed by atoms with Crippen molar-refractivity contribution in [3.05, 3.63) is 0 Å². The zero-order valence-corrected chi connectivity index (χ0v) is 8.46. The first-order valence-corrected chi connectivity index (χ1v) is 5.31. The molecule has 1 aliphatic heterocycles. The molecule has 1 aliphatic carbocycles. The average Bonchev–Trinajstić information content (AvgIpc) is 2.65. The van der Waals surface area contributed by atoms with Crippen LogP contribution in [0.15, 0.2) is 0 Å². The normalized spacial score (nSPS) is 34.3. The third kappa shape index (κ3) is 2.12. The summed E-state index contributed by atoms with van der Waals surface area (Å²) in [5.74, 6) is -3.85. The highest BCUT2D eigenvalue weighted by Gasteiger charge is 2.53. The van der Waals surface area contributed by atoms with Crippen molar-refractivity contribution in [1.29, 1.82) is 0 Å². The fourth-order valence-corrected chi connectivity index (χ4v) is 2.73. The molecule has 0 amide bonds. The van der Waals surface area contributed by atoms with E-state index in [1.807, 2.05) is 4.90 Å². The number of carboxylic acids is 1. The van der Waals surface area contributed by atoms with Crippen LogP contribution < -0.4 is 0 Å². The molecule has 2 aliphatic rings. The van der Waals surface area contributed by atoms with Crippen molar-refractivity contribution in [3.63, 3.8) is 0 Å². The van der Waals surface area contributed by atoms with E-state index in [1.165, 1.54) is 0 Å². The lowest BCUT2D eigenvalue weighted by molar-refractivity contribution is -0.137. The average molecular weight is 219 g/mol. The second-order valence-electron chi connectivity index (χ2n) is 4.57. The number of hydrogen-bond acceptors (Lipinski definition) is 2. The van der Waals surface area contributed by atoms with Crippen LogP contribution in [-0.4, -0.2) is 41.5 Å². The molecule has 1 saturated heterocycles. The minimum absolute atomic E-state index is 0.00903. The Morgan fingerprint density at radius 1 is 1.47 bits per heavy atom. The summed E-state index contributed by atoms with van der Waals surface area (Å²) in [5.41, 5.74) is 0. The molecule has 2 fully saturated rings. The van der Waals surface area contributed by atoms with Crippen molar-refractivity contribution in [2.24, 2.45) is 11.8 Å². The van der Waals surface area contributed by atoms with Crippen molar-refractivity contribution in [2.45, 2.75) is 25.2 Å². The zero-order chi connectivity index (χ0) is 11.1. The van der Waals surface area contributed by atoms with Gasteiger partial charge in [-0.25, -0.2) is 8.78 Å². The summed E-state index contributed by atoms with van der Waals surface area (Å²) in [6.45, 7) is 1.41. The lowest BCUT2D eigenvalue weighted by atomic mass is 9.99. The van der Waals surface area contributed by atoms with Gasteiger partial charge >= 0.3 is 5.97 Å². The van der Waals surface area contributed by atoms with Crippen LogP contribution in [0.2, 0.25) is 0 Å². The van der Waals surface area contributed by atoms with Crippen molar-refractivity contribution >= 4 is 5.97 Å². The number of rotatable bonds is 3. The summed E-state index contributed by atoms with van der Waals surface area (Å²) >= 11 is 0. The summed E-state index contributed by atoms with van der Waals surface area (Å²) in [5, 5.41) is 8.50. The van der Waals surface area contributed by atoms with Gasteiger partial charge in [-0.15, -0.1) is 0 Å². The summed E-state index contributed by atoms with van der Waals surface area (Å²) in [4.78, 5) is 12.2. The Balaban J connectivity index is 1.87. The quantitative estimate of drug-likeness (QED) is 0.780. The highest BCUT2D eigenvalue weighted by Crippen LogP contribution is 2.48. The number of alkyl halides is 2. The number of carbonyl (C=O) groups is 1. The molecule has 86 valence electrons. The van der Waals surface area contributed by atoms with E-state index >= 15 is 0 Å². The monoisotopic (exact) mass is 219 g/mol. The number of fused-ring (bicyclic) bond motifs is 1. The Kier molecular flexibility index (Phi) is 2.66. The molecular weight excluding hydrogens is 204 g/mol. The molecule has 1 heterocycles. The summed E-state index contributed by atoms with van der Waals surface area (Å²) in [6.07, 6.45) is 0.640. The maximum absolute atomic E-state index is 13.3. The van der Waals surface area contributed by atoms with Crippen LogP contribution in [0, 0.1) is 11.8 Å². The van der Waals surface area contributed by atoms with Crippen molar-refractivity contribution in [2.75, 3.05) is 19.6 Å². The highest BCUT2D eigenvalue weighted by atomic mass is 19.3. The predicted octanol–water partition coefficient (Wildman–Crippen LogP) is 1.44. The molecule has 5 heteroatoms. The zero-order valence-electron chi connectivity index (χ0n) is 8.46. The highest BCUT2D eigenvalue weighted by molar-refractivity contribution is 5.66. The molecule has 1 N–H and O–H groups in total. The lowest BCUT2D eigenvalue weighted by Gasteiger charge is -2.19. The molecule has 2 rings (SSSR count). The molecule has 0 radical (unpaired) electrons. The van der Waals surface area contributed by atoms with Gasteiger partial charge in [0, 0.05) is 32.0 Å². The van der Waals surface area contributed by atoms with E-state index in [9.17, 15) is 13.6 Å². The molecule has 0 bridgehead atoms. The van der Waals surface area contributed by atoms with E-state index < -0.39 is 17.8 Å². The Hall–Kier alpha value is -0.710. The smallest absolute Gasteiger partial charge is 0.304 e. The standard InChI is InChI=1S/C10H15F2NO2/c11-10(12)3-1-7-5-13(6-8(7)10)4-2-9(14)15/h7-8H,1-6H2,(H,14,15)/t7-,8-/m1/s1. The third-order valence-electron chi connectivity index (χ3n) is 3.55. The van der Waals surface area contributed by atoms with Gasteiger partial charge in [-0.2, -0.15) is 0 Å². The Bertz CT molecular complexity index is 270. The summed E-state index contributed by atoms with van der Waals surface area (Å²) in [7, 11) is 0. The Morgan fingerprint density at radius 3 is 2.80 bits per heavy atom. The molecule has 0 unspecified atom stereocenters. The lowest BCUT2D eigenvalue weighted by Crippen LogP contribution is -2.30. The minimum atomic E-state index is -2.53. The fraction of sp³-hybridized carbons (Fsp3) is 0.900.